The Bertz CT molecular complexity index is 416. The molecular formula is C12H14F2N2O. The van der Waals surface area contributed by atoms with Gasteiger partial charge < -0.3 is 10.6 Å². The summed E-state index contributed by atoms with van der Waals surface area (Å²) in [5, 5.41) is 0. The van der Waals surface area contributed by atoms with Crippen LogP contribution in [-0.2, 0) is 11.2 Å². The van der Waals surface area contributed by atoms with Crippen molar-refractivity contribution in [2.75, 3.05) is 13.1 Å². The Labute approximate surface area is 98.2 Å². The molecule has 1 saturated heterocycles. The summed E-state index contributed by atoms with van der Waals surface area (Å²) in [6.07, 6.45) is 0.497. The second-order valence-corrected chi connectivity index (χ2v) is 4.27. The topological polar surface area (TPSA) is 46.3 Å². The fourth-order valence-corrected chi connectivity index (χ4v) is 1.98. The van der Waals surface area contributed by atoms with Crippen molar-refractivity contribution in [3.05, 3.63) is 35.4 Å². The van der Waals surface area contributed by atoms with E-state index in [-0.39, 0.29) is 23.9 Å². The standard InChI is InChI=1S/C12H14F2N2O/c13-10-2-1-3-11(14)9(10)6-12(17)16-5-4-8(15)7-16/h1-3,8H,4-7,15H2. The van der Waals surface area contributed by atoms with Crippen molar-refractivity contribution in [3.8, 4) is 0 Å². The summed E-state index contributed by atoms with van der Waals surface area (Å²) in [6, 6.07) is 3.57. The molecule has 92 valence electrons. The number of amides is 1. The third kappa shape index (κ3) is 2.61. The molecule has 3 nitrogen and oxygen atoms in total. The van der Waals surface area contributed by atoms with Crippen molar-refractivity contribution in [1.29, 1.82) is 0 Å². The van der Waals surface area contributed by atoms with Gasteiger partial charge in [-0.1, -0.05) is 6.07 Å². The van der Waals surface area contributed by atoms with Crippen LogP contribution < -0.4 is 5.73 Å². The summed E-state index contributed by atoms with van der Waals surface area (Å²) in [4.78, 5) is 13.4. The first kappa shape index (κ1) is 12.0. The van der Waals surface area contributed by atoms with Crippen molar-refractivity contribution in [3.63, 3.8) is 0 Å². The third-order valence-electron chi connectivity index (χ3n) is 2.97. The van der Waals surface area contributed by atoms with Gasteiger partial charge >= 0.3 is 0 Å². The van der Waals surface area contributed by atoms with Crippen LogP contribution >= 0.6 is 0 Å². The molecule has 1 fully saturated rings. The molecule has 0 radical (unpaired) electrons. The maximum atomic E-state index is 13.3. The zero-order valence-electron chi connectivity index (χ0n) is 9.33. The Morgan fingerprint density at radius 1 is 1.41 bits per heavy atom. The maximum absolute atomic E-state index is 13.3. The van der Waals surface area contributed by atoms with E-state index in [1.165, 1.54) is 6.07 Å². The van der Waals surface area contributed by atoms with Gasteiger partial charge in [-0.3, -0.25) is 4.79 Å². The number of hydrogen-bond donors (Lipinski definition) is 1. The fraction of sp³-hybridized carbons (Fsp3) is 0.417. The predicted molar refractivity (Wildman–Crippen MR) is 59.2 cm³/mol. The molecular weight excluding hydrogens is 226 g/mol. The van der Waals surface area contributed by atoms with E-state index in [9.17, 15) is 13.6 Å². The summed E-state index contributed by atoms with van der Waals surface area (Å²) in [5.41, 5.74) is 5.51. The Hall–Kier alpha value is -1.49. The molecule has 1 amide bonds. The molecule has 0 spiro atoms. The van der Waals surface area contributed by atoms with Gasteiger partial charge in [-0.2, -0.15) is 0 Å². The van der Waals surface area contributed by atoms with E-state index >= 15 is 0 Å². The van der Waals surface area contributed by atoms with Gasteiger partial charge in [-0.05, 0) is 18.6 Å². The van der Waals surface area contributed by atoms with Gasteiger partial charge in [0.2, 0.25) is 5.91 Å². The molecule has 1 aromatic carbocycles. The Morgan fingerprint density at radius 2 is 2.06 bits per heavy atom. The Kier molecular flexibility index (Phi) is 3.38. The van der Waals surface area contributed by atoms with Crippen molar-refractivity contribution in [2.45, 2.75) is 18.9 Å². The van der Waals surface area contributed by atoms with Crippen LogP contribution in [0.1, 0.15) is 12.0 Å². The summed E-state index contributed by atoms with van der Waals surface area (Å²) in [5.74, 6) is -1.63. The minimum absolute atomic E-state index is 0.0237. The van der Waals surface area contributed by atoms with Gasteiger partial charge in [0, 0.05) is 24.7 Å². The number of likely N-dealkylation sites (tertiary alicyclic amines) is 1. The molecule has 2 rings (SSSR count). The van der Waals surface area contributed by atoms with Gasteiger partial charge in [-0.25, -0.2) is 8.78 Å². The van der Waals surface area contributed by atoms with Crippen LogP contribution in [0.3, 0.4) is 0 Å². The molecule has 1 aromatic rings. The molecule has 1 heterocycles. The largest absolute Gasteiger partial charge is 0.341 e. The molecule has 0 bridgehead atoms. The number of rotatable bonds is 2. The maximum Gasteiger partial charge on any atom is 0.227 e. The highest BCUT2D eigenvalue weighted by molar-refractivity contribution is 5.79. The number of nitrogens with zero attached hydrogens (tertiary/aromatic N) is 1. The van der Waals surface area contributed by atoms with E-state index in [2.05, 4.69) is 0 Å². The Balaban J connectivity index is 2.08. The highest BCUT2D eigenvalue weighted by Gasteiger charge is 2.25. The molecule has 17 heavy (non-hydrogen) atoms. The molecule has 1 atom stereocenters. The summed E-state index contributed by atoms with van der Waals surface area (Å²) in [6.45, 7) is 1.03. The minimum Gasteiger partial charge on any atom is -0.341 e. The number of nitrogens with two attached hydrogens (primary N) is 1. The van der Waals surface area contributed by atoms with Gasteiger partial charge in [-0.15, -0.1) is 0 Å². The lowest BCUT2D eigenvalue weighted by Gasteiger charge is -2.16. The molecule has 1 aliphatic heterocycles. The monoisotopic (exact) mass is 240 g/mol. The summed E-state index contributed by atoms with van der Waals surface area (Å²) < 4.78 is 26.7. The van der Waals surface area contributed by atoms with Gasteiger partial charge in [0.15, 0.2) is 0 Å². The lowest BCUT2D eigenvalue weighted by Crippen LogP contribution is -2.33. The second kappa shape index (κ2) is 4.79. The number of hydrogen-bond acceptors (Lipinski definition) is 2. The quantitative estimate of drug-likeness (QED) is 0.840. The summed E-state index contributed by atoms with van der Waals surface area (Å²) in [7, 11) is 0. The van der Waals surface area contributed by atoms with Gasteiger partial charge in [0.25, 0.3) is 0 Å². The molecule has 0 aromatic heterocycles. The lowest BCUT2D eigenvalue weighted by atomic mass is 10.1. The van der Waals surface area contributed by atoms with E-state index in [4.69, 9.17) is 5.73 Å². The smallest absolute Gasteiger partial charge is 0.227 e. The van der Waals surface area contributed by atoms with Crippen LogP contribution in [0, 0.1) is 11.6 Å². The average molecular weight is 240 g/mol. The van der Waals surface area contributed by atoms with Crippen LogP contribution in [0.25, 0.3) is 0 Å². The molecule has 1 aliphatic rings. The van der Waals surface area contributed by atoms with Crippen molar-refractivity contribution in [1.82, 2.24) is 4.90 Å². The minimum atomic E-state index is -0.679. The molecule has 0 saturated carbocycles. The van der Waals surface area contributed by atoms with Crippen LogP contribution in [0.5, 0.6) is 0 Å². The zero-order valence-corrected chi connectivity index (χ0v) is 9.33. The highest BCUT2D eigenvalue weighted by Crippen LogP contribution is 2.15. The van der Waals surface area contributed by atoms with Crippen molar-refractivity contribution >= 4 is 5.91 Å². The van der Waals surface area contributed by atoms with Crippen LogP contribution in [-0.4, -0.2) is 29.9 Å². The molecule has 2 N–H and O–H groups in total. The fourth-order valence-electron chi connectivity index (χ4n) is 1.98. The van der Waals surface area contributed by atoms with E-state index in [1.807, 2.05) is 0 Å². The van der Waals surface area contributed by atoms with Gasteiger partial charge in [0.05, 0.1) is 6.42 Å². The van der Waals surface area contributed by atoms with Gasteiger partial charge in [0.1, 0.15) is 11.6 Å². The first-order valence-electron chi connectivity index (χ1n) is 5.54. The lowest BCUT2D eigenvalue weighted by molar-refractivity contribution is -0.129. The molecule has 1 unspecified atom stereocenters. The zero-order chi connectivity index (χ0) is 12.4. The third-order valence-corrected chi connectivity index (χ3v) is 2.97. The highest BCUT2D eigenvalue weighted by atomic mass is 19.1. The Morgan fingerprint density at radius 3 is 2.59 bits per heavy atom. The molecule has 0 aliphatic carbocycles. The first-order valence-corrected chi connectivity index (χ1v) is 5.54. The first-order chi connectivity index (χ1) is 8.08. The van der Waals surface area contributed by atoms with Crippen LogP contribution in [0.15, 0.2) is 18.2 Å². The predicted octanol–water partition coefficient (Wildman–Crippen LogP) is 1.07. The normalized spacial score (nSPS) is 19.7. The number of benzene rings is 1. The van der Waals surface area contributed by atoms with E-state index < -0.39 is 11.6 Å². The number of carbonyl (C=O) groups excluding carboxylic acids is 1. The summed E-state index contributed by atoms with van der Waals surface area (Å²) >= 11 is 0. The number of halogens is 2. The SMILES string of the molecule is NC1CCN(C(=O)Cc2c(F)cccc2F)C1. The van der Waals surface area contributed by atoms with Crippen molar-refractivity contribution < 1.29 is 13.6 Å². The van der Waals surface area contributed by atoms with E-state index in [0.717, 1.165) is 18.6 Å². The number of carbonyl (C=O) groups is 1. The average Bonchev–Trinajstić information content (AvgIpc) is 2.70. The van der Waals surface area contributed by atoms with E-state index in [1.54, 1.807) is 4.90 Å². The molecule has 5 heteroatoms. The van der Waals surface area contributed by atoms with Crippen LogP contribution in [0.4, 0.5) is 8.78 Å². The second-order valence-electron chi connectivity index (χ2n) is 4.27. The van der Waals surface area contributed by atoms with E-state index in [0.29, 0.717) is 13.1 Å². The van der Waals surface area contributed by atoms with Crippen LogP contribution in [0.2, 0.25) is 0 Å². The van der Waals surface area contributed by atoms with Crippen molar-refractivity contribution in [2.24, 2.45) is 5.73 Å².